The number of esters is 1. The molecule has 8 nitrogen and oxygen atoms in total. The highest BCUT2D eigenvalue weighted by molar-refractivity contribution is 7.80. The Morgan fingerprint density at radius 2 is 1.91 bits per heavy atom. The van der Waals surface area contributed by atoms with Crippen LogP contribution in [0.3, 0.4) is 0 Å². The first-order valence-corrected chi connectivity index (χ1v) is 7.32. The highest BCUT2D eigenvalue weighted by Crippen LogP contribution is 2.37. The molecule has 0 bridgehead atoms. The van der Waals surface area contributed by atoms with Gasteiger partial charge in [-0.3, -0.25) is 0 Å². The van der Waals surface area contributed by atoms with Crippen LogP contribution in [0.5, 0.6) is 11.8 Å². The molecule has 2 heterocycles. The van der Waals surface area contributed by atoms with E-state index in [4.69, 9.17) is 26.4 Å². The van der Waals surface area contributed by atoms with Crippen LogP contribution in [-0.4, -0.2) is 41.9 Å². The van der Waals surface area contributed by atoms with Crippen LogP contribution in [0.1, 0.15) is 25.5 Å². The summed E-state index contributed by atoms with van der Waals surface area (Å²) in [6, 6.07) is -0.645. The van der Waals surface area contributed by atoms with Crippen molar-refractivity contribution in [3.05, 3.63) is 23.2 Å². The zero-order valence-electron chi connectivity index (χ0n) is 13.3. The Hall–Kier alpha value is -2.42. The number of nitrogens with zero attached hydrogens (tertiary/aromatic N) is 2. The van der Waals surface area contributed by atoms with Crippen LogP contribution in [0.4, 0.5) is 0 Å². The normalized spacial score (nSPS) is 17.2. The molecule has 1 aromatic heterocycles. The number of hydrogen-bond acceptors (Lipinski definition) is 7. The van der Waals surface area contributed by atoms with Crippen LogP contribution in [0.15, 0.2) is 17.6 Å². The van der Waals surface area contributed by atoms with E-state index in [1.165, 1.54) is 20.5 Å². The summed E-state index contributed by atoms with van der Waals surface area (Å²) < 4.78 is 15.7. The molecule has 1 aromatic rings. The molecule has 9 heteroatoms. The van der Waals surface area contributed by atoms with Crippen molar-refractivity contribution < 1.29 is 19.0 Å². The zero-order valence-corrected chi connectivity index (χ0v) is 14.1. The maximum Gasteiger partial charge on any atom is 0.338 e. The lowest BCUT2D eigenvalue weighted by Gasteiger charge is -2.30. The van der Waals surface area contributed by atoms with Gasteiger partial charge in [-0.1, -0.05) is 0 Å². The summed E-state index contributed by atoms with van der Waals surface area (Å²) in [5.74, 6) is 0.104. The third-order valence-corrected chi connectivity index (χ3v) is 3.47. The predicted octanol–water partition coefficient (Wildman–Crippen LogP) is 0.850. The van der Waals surface area contributed by atoms with Gasteiger partial charge in [0.25, 0.3) is 0 Å². The molecule has 0 unspecified atom stereocenters. The molecule has 2 N–H and O–H groups in total. The molecule has 23 heavy (non-hydrogen) atoms. The minimum atomic E-state index is -0.645. The standard InChI is InChI=1S/C14H18N4O4S/c1-5-22-13(19)8-7(2)17-14(23)18-10(8)9-11(20-3)15-6-16-12(9)21-4/h6,10H,5H2,1-4H3,(H2,17,18,23)/t10-/m1/s1. The summed E-state index contributed by atoms with van der Waals surface area (Å²) >= 11 is 5.19. The second-order valence-electron chi connectivity index (χ2n) is 4.60. The molecule has 1 aliphatic rings. The number of carbonyl (C=O) groups is 1. The van der Waals surface area contributed by atoms with Crippen molar-refractivity contribution in [1.29, 1.82) is 0 Å². The fraction of sp³-hybridized carbons (Fsp3) is 0.429. The lowest BCUT2D eigenvalue weighted by Crippen LogP contribution is -2.45. The third-order valence-electron chi connectivity index (χ3n) is 3.25. The van der Waals surface area contributed by atoms with Gasteiger partial charge in [0, 0.05) is 5.70 Å². The first-order chi connectivity index (χ1) is 11.0. The second-order valence-corrected chi connectivity index (χ2v) is 5.00. The molecule has 0 spiro atoms. The number of allylic oxidation sites excluding steroid dienone is 1. The van der Waals surface area contributed by atoms with E-state index in [0.717, 1.165) is 0 Å². The summed E-state index contributed by atoms with van der Waals surface area (Å²) in [5.41, 5.74) is 1.43. The molecular formula is C14H18N4O4S. The number of rotatable bonds is 5. The van der Waals surface area contributed by atoms with Crippen LogP contribution in [0.25, 0.3) is 0 Å². The van der Waals surface area contributed by atoms with E-state index in [0.29, 0.717) is 21.9 Å². The van der Waals surface area contributed by atoms with E-state index < -0.39 is 12.0 Å². The summed E-state index contributed by atoms with van der Waals surface area (Å²) in [6.45, 7) is 3.74. The van der Waals surface area contributed by atoms with Crippen LogP contribution in [0, 0.1) is 0 Å². The molecule has 0 radical (unpaired) electrons. The number of hydrogen-bond donors (Lipinski definition) is 2. The lowest BCUT2D eigenvalue weighted by atomic mass is 9.97. The number of methoxy groups -OCH3 is 2. The first-order valence-electron chi connectivity index (χ1n) is 6.91. The molecule has 0 amide bonds. The van der Waals surface area contributed by atoms with Gasteiger partial charge in [-0.15, -0.1) is 0 Å². The Bertz CT molecular complexity index is 640. The maximum atomic E-state index is 12.4. The van der Waals surface area contributed by atoms with Crippen molar-refractivity contribution in [2.24, 2.45) is 0 Å². The van der Waals surface area contributed by atoms with Crippen molar-refractivity contribution in [2.45, 2.75) is 19.9 Å². The average molecular weight is 338 g/mol. The van der Waals surface area contributed by atoms with Crippen molar-refractivity contribution in [3.63, 3.8) is 0 Å². The van der Waals surface area contributed by atoms with Gasteiger partial charge in [-0.2, -0.15) is 0 Å². The van der Waals surface area contributed by atoms with E-state index in [-0.39, 0.29) is 18.4 Å². The van der Waals surface area contributed by atoms with Crippen molar-refractivity contribution in [1.82, 2.24) is 20.6 Å². The predicted molar refractivity (Wildman–Crippen MR) is 86.1 cm³/mol. The first kappa shape index (κ1) is 16.9. The second kappa shape index (κ2) is 7.23. The summed E-state index contributed by atoms with van der Waals surface area (Å²) in [4.78, 5) is 20.5. The quantitative estimate of drug-likeness (QED) is 0.598. The SMILES string of the molecule is CCOC(=O)C1=C(C)NC(=S)N[C@H]1c1c(OC)ncnc1OC. The fourth-order valence-corrected chi connectivity index (χ4v) is 2.60. The summed E-state index contributed by atoms with van der Waals surface area (Å²) in [5, 5.41) is 6.31. The molecule has 0 fully saturated rings. The topological polar surface area (TPSA) is 94.6 Å². The van der Waals surface area contributed by atoms with Crippen molar-refractivity contribution in [2.75, 3.05) is 20.8 Å². The molecule has 2 rings (SSSR count). The van der Waals surface area contributed by atoms with E-state index in [2.05, 4.69) is 20.6 Å². The third kappa shape index (κ3) is 3.34. The van der Waals surface area contributed by atoms with E-state index >= 15 is 0 Å². The smallest absolute Gasteiger partial charge is 0.338 e. The monoisotopic (exact) mass is 338 g/mol. The van der Waals surface area contributed by atoms with Gasteiger partial charge in [0.2, 0.25) is 11.8 Å². The Morgan fingerprint density at radius 1 is 1.30 bits per heavy atom. The van der Waals surface area contributed by atoms with Crippen LogP contribution in [0.2, 0.25) is 0 Å². The van der Waals surface area contributed by atoms with Gasteiger partial charge in [-0.25, -0.2) is 14.8 Å². The highest BCUT2D eigenvalue weighted by atomic mass is 32.1. The van der Waals surface area contributed by atoms with Gasteiger partial charge >= 0.3 is 5.97 Å². The molecule has 1 aliphatic heterocycles. The Labute approximate surface area is 139 Å². The number of carbonyl (C=O) groups excluding carboxylic acids is 1. The van der Waals surface area contributed by atoms with Crippen LogP contribution < -0.4 is 20.1 Å². The van der Waals surface area contributed by atoms with E-state index in [1.807, 2.05) is 0 Å². The lowest BCUT2D eigenvalue weighted by molar-refractivity contribution is -0.139. The average Bonchev–Trinajstić information content (AvgIpc) is 2.53. The van der Waals surface area contributed by atoms with Gasteiger partial charge in [-0.05, 0) is 26.1 Å². The van der Waals surface area contributed by atoms with Crippen molar-refractivity contribution in [3.8, 4) is 11.8 Å². The Kier molecular flexibility index (Phi) is 5.32. The minimum Gasteiger partial charge on any atom is -0.481 e. The van der Waals surface area contributed by atoms with Crippen LogP contribution in [-0.2, 0) is 9.53 Å². The summed E-state index contributed by atoms with van der Waals surface area (Å²) in [6.07, 6.45) is 1.32. The zero-order chi connectivity index (χ0) is 17.0. The maximum absolute atomic E-state index is 12.4. The molecule has 0 aromatic carbocycles. The number of ether oxygens (including phenoxy) is 3. The fourth-order valence-electron chi connectivity index (χ4n) is 2.33. The number of thiocarbonyl (C=S) groups is 1. The van der Waals surface area contributed by atoms with E-state index in [9.17, 15) is 4.79 Å². The highest BCUT2D eigenvalue weighted by Gasteiger charge is 2.35. The van der Waals surface area contributed by atoms with Gasteiger partial charge in [0.1, 0.15) is 11.9 Å². The molecule has 0 aliphatic carbocycles. The Balaban J connectivity index is 2.61. The molecule has 0 saturated heterocycles. The Morgan fingerprint density at radius 3 is 2.43 bits per heavy atom. The molecule has 1 atom stereocenters. The minimum absolute atomic E-state index is 0.256. The van der Waals surface area contributed by atoms with E-state index in [1.54, 1.807) is 13.8 Å². The van der Waals surface area contributed by atoms with Crippen molar-refractivity contribution >= 4 is 23.3 Å². The molecule has 124 valence electrons. The van der Waals surface area contributed by atoms with Gasteiger partial charge in [0.15, 0.2) is 5.11 Å². The van der Waals surface area contributed by atoms with Gasteiger partial charge < -0.3 is 24.8 Å². The molecular weight excluding hydrogens is 320 g/mol. The largest absolute Gasteiger partial charge is 0.481 e. The number of aromatic nitrogens is 2. The van der Waals surface area contributed by atoms with Crippen LogP contribution >= 0.6 is 12.2 Å². The summed E-state index contributed by atoms with van der Waals surface area (Å²) in [7, 11) is 2.95. The molecule has 0 saturated carbocycles. The number of nitrogens with one attached hydrogen (secondary N) is 2. The van der Waals surface area contributed by atoms with Gasteiger partial charge in [0.05, 0.1) is 32.4 Å².